The van der Waals surface area contributed by atoms with E-state index in [-0.39, 0.29) is 28.1 Å². The lowest BCUT2D eigenvalue weighted by atomic mass is 10.1. The fourth-order valence-corrected chi connectivity index (χ4v) is 6.24. The Morgan fingerprint density at radius 1 is 0.771 bits per heavy atom. The molecular weight excluding hydrogens is 489 g/mol. The molecule has 9 heteroatoms. The quantitative estimate of drug-likeness (QED) is 0.297. The first-order valence-electron chi connectivity index (χ1n) is 10.9. The van der Waals surface area contributed by atoms with E-state index >= 15 is 0 Å². The fraction of sp³-hybridized carbons (Fsp3) is 0.154. The second kappa shape index (κ2) is 9.77. The number of benzene rings is 4. The molecule has 0 fully saturated rings. The van der Waals surface area contributed by atoms with Gasteiger partial charge in [-0.05, 0) is 78.7 Å². The van der Waals surface area contributed by atoms with E-state index in [2.05, 4.69) is 0 Å². The van der Waals surface area contributed by atoms with Crippen LogP contribution in [0.3, 0.4) is 0 Å². The van der Waals surface area contributed by atoms with Crippen molar-refractivity contribution in [2.24, 2.45) is 0 Å². The molecule has 0 aliphatic carbocycles. The van der Waals surface area contributed by atoms with Gasteiger partial charge in [0.2, 0.25) is 10.0 Å². The summed E-state index contributed by atoms with van der Waals surface area (Å²) >= 11 is 0. The lowest BCUT2D eigenvalue weighted by molar-refractivity contribution is 0.347. The lowest BCUT2D eigenvalue weighted by Crippen LogP contribution is -2.36. The summed E-state index contributed by atoms with van der Waals surface area (Å²) in [5.74, 6) is -0.536. The minimum atomic E-state index is -4.18. The van der Waals surface area contributed by atoms with E-state index in [1.54, 1.807) is 44.2 Å². The molecule has 0 saturated carbocycles. The summed E-state index contributed by atoms with van der Waals surface area (Å²) in [7, 11) is -8.03. The number of rotatable bonds is 8. The molecule has 0 atom stereocenters. The van der Waals surface area contributed by atoms with Crippen molar-refractivity contribution in [1.29, 1.82) is 0 Å². The van der Waals surface area contributed by atoms with Crippen LogP contribution in [0.2, 0.25) is 0 Å². The smallest absolute Gasteiger partial charge is 0.339 e. The highest BCUT2D eigenvalue weighted by Gasteiger charge is 2.28. The van der Waals surface area contributed by atoms with Crippen LogP contribution in [0, 0.1) is 5.82 Å². The maximum atomic E-state index is 13.5. The Balaban J connectivity index is 1.61. The first-order chi connectivity index (χ1) is 16.6. The molecule has 0 N–H and O–H groups in total. The lowest BCUT2D eigenvalue weighted by Gasteiger charge is -2.26. The molecule has 4 aromatic rings. The van der Waals surface area contributed by atoms with Crippen molar-refractivity contribution >= 4 is 30.9 Å². The van der Waals surface area contributed by atoms with Crippen LogP contribution >= 0.6 is 0 Å². The number of hydrogen-bond acceptors (Lipinski definition) is 5. The van der Waals surface area contributed by atoms with E-state index in [9.17, 15) is 21.2 Å². The van der Waals surface area contributed by atoms with Crippen molar-refractivity contribution in [1.82, 2.24) is 4.31 Å². The summed E-state index contributed by atoms with van der Waals surface area (Å²) in [6, 6.07) is 22.7. The molecule has 0 aromatic heterocycles. The molecule has 0 unspecified atom stereocenters. The third-order valence-electron chi connectivity index (χ3n) is 5.45. The van der Waals surface area contributed by atoms with Crippen LogP contribution in [0.25, 0.3) is 10.8 Å². The highest BCUT2D eigenvalue weighted by atomic mass is 32.2. The molecule has 4 aromatic carbocycles. The van der Waals surface area contributed by atoms with Gasteiger partial charge in [0.05, 0.1) is 4.90 Å². The zero-order valence-electron chi connectivity index (χ0n) is 19.1. The van der Waals surface area contributed by atoms with Gasteiger partial charge in [-0.2, -0.15) is 12.7 Å². The van der Waals surface area contributed by atoms with Gasteiger partial charge in [-0.1, -0.05) is 42.5 Å². The average molecular weight is 514 g/mol. The number of fused-ring (bicyclic) bond motifs is 1. The summed E-state index contributed by atoms with van der Waals surface area (Å²) in [4.78, 5) is -0.0109. The molecule has 0 bridgehead atoms. The minimum absolute atomic E-state index is 0.0145. The largest absolute Gasteiger partial charge is 0.379 e. The normalized spacial score (nSPS) is 12.4. The zero-order chi connectivity index (χ0) is 25.2. The van der Waals surface area contributed by atoms with Crippen molar-refractivity contribution in [3.05, 3.63) is 102 Å². The van der Waals surface area contributed by atoms with Crippen molar-refractivity contribution in [2.75, 3.05) is 0 Å². The van der Waals surface area contributed by atoms with Crippen molar-refractivity contribution in [3.63, 3.8) is 0 Å². The minimum Gasteiger partial charge on any atom is -0.379 e. The van der Waals surface area contributed by atoms with Crippen LogP contribution < -0.4 is 4.18 Å². The van der Waals surface area contributed by atoms with Gasteiger partial charge in [-0.25, -0.2) is 12.8 Å². The van der Waals surface area contributed by atoms with Crippen LogP contribution in [0.5, 0.6) is 5.75 Å². The number of hydrogen-bond donors (Lipinski definition) is 0. The van der Waals surface area contributed by atoms with Crippen molar-refractivity contribution in [3.8, 4) is 5.75 Å². The van der Waals surface area contributed by atoms with Crippen LogP contribution in [-0.2, 0) is 26.7 Å². The van der Waals surface area contributed by atoms with Gasteiger partial charge in [0.15, 0.2) is 0 Å². The maximum Gasteiger partial charge on any atom is 0.339 e. The Bertz CT molecular complexity index is 1570. The molecule has 0 heterocycles. The molecule has 0 aliphatic heterocycles. The summed E-state index contributed by atoms with van der Waals surface area (Å²) in [6.45, 7) is 3.57. The molecule has 0 amide bonds. The van der Waals surface area contributed by atoms with Gasteiger partial charge < -0.3 is 4.18 Å². The Hall–Kier alpha value is -3.27. The number of nitrogens with zero attached hydrogens (tertiary/aromatic N) is 1. The third-order valence-corrected chi connectivity index (χ3v) is 8.73. The molecule has 4 rings (SSSR count). The van der Waals surface area contributed by atoms with Gasteiger partial charge in [0.25, 0.3) is 0 Å². The highest BCUT2D eigenvalue weighted by Crippen LogP contribution is 2.26. The maximum absolute atomic E-state index is 13.5. The van der Waals surface area contributed by atoms with Crippen LogP contribution in [0.1, 0.15) is 19.4 Å². The van der Waals surface area contributed by atoms with Crippen molar-refractivity contribution in [2.45, 2.75) is 36.2 Å². The topological polar surface area (TPSA) is 80.8 Å². The Kier molecular flexibility index (Phi) is 6.93. The van der Waals surface area contributed by atoms with Crippen molar-refractivity contribution < 1.29 is 25.4 Å². The summed E-state index contributed by atoms with van der Waals surface area (Å²) < 4.78 is 71.9. The van der Waals surface area contributed by atoms with E-state index in [0.717, 1.165) is 35.0 Å². The summed E-state index contributed by atoms with van der Waals surface area (Å²) in [5, 5.41) is 1.76. The fourth-order valence-electron chi connectivity index (χ4n) is 3.66. The molecule has 6 nitrogen and oxygen atoms in total. The monoisotopic (exact) mass is 513 g/mol. The molecule has 0 aliphatic rings. The van der Waals surface area contributed by atoms with Gasteiger partial charge in [0, 0.05) is 12.6 Å². The average Bonchev–Trinajstić information content (AvgIpc) is 2.82. The molecule has 0 spiro atoms. The van der Waals surface area contributed by atoms with E-state index in [1.807, 2.05) is 24.3 Å². The van der Waals surface area contributed by atoms with Gasteiger partial charge in [-0.15, -0.1) is 0 Å². The predicted molar refractivity (Wildman–Crippen MR) is 132 cm³/mol. The van der Waals surface area contributed by atoms with E-state index in [0.29, 0.717) is 5.56 Å². The first kappa shape index (κ1) is 24.8. The second-order valence-corrected chi connectivity index (χ2v) is 11.7. The molecular formula is C26H24FNO5S2. The molecule has 0 radical (unpaired) electrons. The van der Waals surface area contributed by atoms with Gasteiger partial charge >= 0.3 is 10.1 Å². The van der Waals surface area contributed by atoms with Crippen LogP contribution in [0.15, 0.2) is 101 Å². The highest BCUT2D eigenvalue weighted by molar-refractivity contribution is 7.89. The first-order valence-corrected chi connectivity index (χ1v) is 13.7. The molecule has 182 valence electrons. The SMILES string of the molecule is CC(C)N(Cc1cccc(OS(=O)(=O)c2ccc(F)cc2)c1)S(=O)(=O)c1ccc2ccccc2c1. The second-order valence-electron chi connectivity index (χ2n) is 8.29. The van der Waals surface area contributed by atoms with Crippen LogP contribution in [-0.4, -0.2) is 27.2 Å². The Morgan fingerprint density at radius 3 is 2.11 bits per heavy atom. The Morgan fingerprint density at radius 2 is 1.43 bits per heavy atom. The predicted octanol–water partition coefficient (Wildman–Crippen LogP) is 5.35. The Labute approximate surface area is 204 Å². The van der Waals surface area contributed by atoms with Gasteiger partial charge in [0.1, 0.15) is 16.5 Å². The zero-order valence-corrected chi connectivity index (χ0v) is 20.8. The molecule has 0 saturated heterocycles. The number of halogens is 1. The van der Waals surface area contributed by atoms with Gasteiger partial charge in [-0.3, -0.25) is 0 Å². The van der Waals surface area contributed by atoms with Crippen LogP contribution in [0.4, 0.5) is 4.39 Å². The van der Waals surface area contributed by atoms with E-state index in [4.69, 9.17) is 4.18 Å². The third kappa shape index (κ3) is 5.53. The summed E-state index contributed by atoms with van der Waals surface area (Å²) in [6.07, 6.45) is 0. The number of sulfonamides is 1. The standard InChI is InChI=1S/C26H24FNO5S2/c1-19(2)28(34(29,30)26-13-10-21-7-3-4-8-22(21)17-26)18-20-6-5-9-24(16-20)33-35(31,32)25-14-11-23(27)12-15-25/h3-17,19H,18H2,1-2H3. The summed E-state index contributed by atoms with van der Waals surface area (Å²) in [5.41, 5.74) is 0.551. The van der Waals surface area contributed by atoms with E-state index < -0.39 is 26.0 Å². The van der Waals surface area contributed by atoms with E-state index in [1.165, 1.54) is 16.4 Å². The molecule has 35 heavy (non-hydrogen) atoms.